The monoisotopic (exact) mass is 432 g/mol. The molecular weight excluding hydrogens is 404 g/mol. The lowest BCUT2D eigenvalue weighted by Crippen LogP contribution is -2.34. The average molecular weight is 433 g/mol. The average Bonchev–Trinajstić information content (AvgIpc) is 3.27. The van der Waals surface area contributed by atoms with Crippen LogP contribution in [0.2, 0.25) is 0 Å². The van der Waals surface area contributed by atoms with Crippen molar-refractivity contribution in [3.05, 3.63) is 65.7 Å². The topological polar surface area (TPSA) is 105 Å². The van der Waals surface area contributed by atoms with E-state index in [0.717, 1.165) is 18.4 Å². The number of aliphatic hydroxyl groups is 1. The Morgan fingerprint density at radius 2 is 1.97 bits per heavy atom. The maximum Gasteiger partial charge on any atom is 0.251 e. The molecule has 30 heavy (non-hydrogen) atoms. The number of benzene rings is 2. The first-order chi connectivity index (χ1) is 14.3. The fourth-order valence-corrected chi connectivity index (χ4v) is 4.52. The normalized spacial score (nSPS) is 18.7. The molecule has 2 aromatic rings. The van der Waals surface area contributed by atoms with Gasteiger partial charge in [0.25, 0.3) is 5.91 Å². The molecule has 1 aliphatic heterocycles. The summed E-state index contributed by atoms with van der Waals surface area (Å²) in [6.45, 7) is 2.67. The van der Waals surface area contributed by atoms with E-state index >= 15 is 0 Å². The van der Waals surface area contributed by atoms with Gasteiger partial charge in [0, 0.05) is 24.8 Å². The summed E-state index contributed by atoms with van der Waals surface area (Å²) < 4.78 is 33.1. The minimum Gasteiger partial charge on any atom is -0.388 e. The van der Waals surface area contributed by atoms with Crippen LogP contribution in [0.4, 0.5) is 0 Å². The number of ether oxygens (including phenoxy) is 1. The van der Waals surface area contributed by atoms with E-state index in [0.29, 0.717) is 13.0 Å². The summed E-state index contributed by atoms with van der Waals surface area (Å²) in [4.78, 5) is 12.6. The van der Waals surface area contributed by atoms with Crippen LogP contribution in [0.5, 0.6) is 0 Å². The molecule has 3 atom stereocenters. The molecule has 0 saturated carbocycles. The van der Waals surface area contributed by atoms with Crippen molar-refractivity contribution in [3.63, 3.8) is 0 Å². The highest BCUT2D eigenvalue weighted by Gasteiger charge is 2.21. The Morgan fingerprint density at radius 3 is 2.67 bits per heavy atom. The van der Waals surface area contributed by atoms with Crippen LogP contribution in [-0.4, -0.2) is 44.7 Å². The van der Waals surface area contributed by atoms with E-state index < -0.39 is 16.1 Å². The summed E-state index contributed by atoms with van der Waals surface area (Å²) in [6, 6.07) is 14.8. The van der Waals surface area contributed by atoms with Crippen molar-refractivity contribution >= 4 is 15.9 Å². The zero-order valence-corrected chi connectivity index (χ0v) is 17.8. The number of sulfonamides is 1. The number of rotatable bonds is 9. The standard InChI is InChI=1S/C22H28N2O5S/c1-16(13-21(25)17-7-3-2-4-8-17)24-22(26)18-9-5-11-20(14-18)30(27,28)23-15-19-10-6-12-29-19/h2-5,7-9,11,14,16,19,21,23,25H,6,10,12-13,15H2,1H3,(H,24,26)/t16-,19-,21+/m1/s1. The first-order valence-corrected chi connectivity index (χ1v) is 11.6. The number of carbonyl (C=O) groups excluding carboxylic acids is 1. The molecule has 0 bridgehead atoms. The molecule has 1 saturated heterocycles. The molecule has 0 spiro atoms. The molecule has 0 aliphatic carbocycles. The molecule has 0 unspecified atom stereocenters. The minimum atomic E-state index is -3.74. The molecule has 0 aromatic heterocycles. The Balaban J connectivity index is 1.59. The van der Waals surface area contributed by atoms with E-state index in [1.54, 1.807) is 19.1 Å². The highest BCUT2D eigenvalue weighted by atomic mass is 32.2. The van der Waals surface area contributed by atoms with Crippen molar-refractivity contribution in [2.45, 2.75) is 49.3 Å². The van der Waals surface area contributed by atoms with Crippen molar-refractivity contribution in [3.8, 4) is 0 Å². The molecule has 3 rings (SSSR count). The van der Waals surface area contributed by atoms with Gasteiger partial charge in [-0.3, -0.25) is 4.79 Å². The van der Waals surface area contributed by atoms with Crippen LogP contribution >= 0.6 is 0 Å². The fourth-order valence-electron chi connectivity index (χ4n) is 3.41. The number of aliphatic hydroxyl groups excluding tert-OH is 1. The van der Waals surface area contributed by atoms with Gasteiger partial charge in [-0.15, -0.1) is 0 Å². The van der Waals surface area contributed by atoms with Crippen LogP contribution in [0.3, 0.4) is 0 Å². The molecule has 3 N–H and O–H groups in total. The number of nitrogens with one attached hydrogen (secondary N) is 2. The van der Waals surface area contributed by atoms with Crippen LogP contribution in [0, 0.1) is 0 Å². The van der Waals surface area contributed by atoms with Crippen molar-refractivity contribution in [2.24, 2.45) is 0 Å². The Labute approximate surface area is 177 Å². The minimum absolute atomic E-state index is 0.0325. The smallest absolute Gasteiger partial charge is 0.251 e. The van der Waals surface area contributed by atoms with Crippen molar-refractivity contribution < 1.29 is 23.1 Å². The molecule has 0 radical (unpaired) electrons. The highest BCUT2D eigenvalue weighted by Crippen LogP contribution is 2.18. The van der Waals surface area contributed by atoms with Crippen LogP contribution < -0.4 is 10.0 Å². The van der Waals surface area contributed by atoms with Gasteiger partial charge in [0.05, 0.1) is 17.1 Å². The first kappa shape index (κ1) is 22.4. The number of carbonyl (C=O) groups is 1. The van der Waals surface area contributed by atoms with E-state index in [4.69, 9.17) is 4.74 Å². The Bertz CT molecular complexity index is 943. The van der Waals surface area contributed by atoms with Gasteiger partial charge in [0.1, 0.15) is 0 Å². The Morgan fingerprint density at radius 1 is 1.20 bits per heavy atom. The zero-order valence-electron chi connectivity index (χ0n) is 17.0. The second kappa shape index (κ2) is 10.2. The van der Waals surface area contributed by atoms with E-state index in [9.17, 15) is 18.3 Å². The van der Waals surface area contributed by atoms with Crippen molar-refractivity contribution in [2.75, 3.05) is 13.2 Å². The van der Waals surface area contributed by atoms with Gasteiger partial charge >= 0.3 is 0 Å². The summed E-state index contributed by atoms with van der Waals surface area (Å²) in [6.07, 6.45) is 1.30. The summed E-state index contributed by atoms with van der Waals surface area (Å²) in [5, 5.41) is 13.1. The molecule has 7 nitrogen and oxygen atoms in total. The highest BCUT2D eigenvalue weighted by molar-refractivity contribution is 7.89. The molecule has 1 amide bonds. The number of hydrogen-bond donors (Lipinski definition) is 3. The van der Waals surface area contributed by atoms with Gasteiger partial charge in [-0.2, -0.15) is 0 Å². The molecule has 162 valence electrons. The van der Waals surface area contributed by atoms with Crippen LogP contribution in [0.25, 0.3) is 0 Å². The second-order valence-corrected chi connectivity index (χ2v) is 9.32. The molecule has 1 heterocycles. The molecule has 2 aromatic carbocycles. The van der Waals surface area contributed by atoms with Crippen LogP contribution in [0.1, 0.15) is 48.2 Å². The maximum absolute atomic E-state index is 12.6. The zero-order chi connectivity index (χ0) is 21.6. The predicted octanol–water partition coefficient (Wildman–Crippen LogP) is 2.39. The van der Waals surface area contributed by atoms with Gasteiger partial charge in [-0.1, -0.05) is 36.4 Å². The summed E-state index contributed by atoms with van der Waals surface area (Å²) in [5.41, 5.74) is 1.03. The maximum atomic E-state index is 12.6. The van der Waals surface area contributed by atoms with E-state index in [2.05, 4.69) is 10.0 Å². The van der Waals surface area contributed by atoms with Gasteiger partial charge < -0.3 is 15.2 Å². The Hall–Kier alpha value is -2.26. The second-order valence-electron chi connectivity index (χ2n) is 7.55. The molecule has 1 aliphatic rings. The van der Waals surface area contributed by atoms with Gasteiger partial charge in [0.15, 0.2) is 0 Å². The first-order valence-electron chi connectivity index (χ1n) is 10.1. The lowest BCUT2D eigenvalue weighted by atomic mass is 10.0. The fraction of sp³-hybridized carbons (Fsp3) is 0.409. The van der Waals surface area contributed by atoms with Crippen molar-refractivity contribution in [1.29, 1.82) is 0 Å². The lowest BCUT2D eigenvalue weighted by molar-refractivity contribution is 0.0916. The number of amides is 1. The molecule has 8 heteroatoms. The van der Waals surface area contributed by atoms with Crippen LogP contribution in [-0.2, 0) is 14.8 Å². The van der Waals surface area contributed by atoms with E-state index in [-0.39, 0.29) is 35.1 Å². The van der Waals surface area contributed by atoms with Crippen LogP contribution in [0.15, 0.2) is 59.5 Å². The summed E-state index contributed by atoms with van der Waals surface area (Å²) in [7, 11) is -3.74. The number of hydrogen-bond acceptors (Lipinski definition) is 5. The van der Waals surface area contributed by atoms with Gasteiger partial charge in [-0.25, -0.2) is 13.1 Å². The largest absolute Gasteiger partial charge is 0.388 e. The SMILES string of the molecule is C[C@H](C[C@H](O)c1ccccc1)NC(=O)c1cccc(S(=O)(=O)NC[C@H]2CCCO2)c1. The molecule has 1 fully saturated rings. The van der Waals surface area contributed by atoms with E-state index in [1.807, 2.05) is 30.3 Å². The third kappa shape index (κ3) is 6.12. The third-order valence-electron chi connectivity index (χ3n) is 5.07. The molecular formula is C22H28N2O5S. The van der Waals surface area contributed by atoms with Gasteiger partial charge in [-0.05, 0) is 49.9 Å². The third-order valence-corrected chi connectivity index (χ3v) is 6.49. The predicted molar refractivity (Wildman–Crippen MR) is 114 cm³/mol. The van der Waals surface area contributed by atoms with Gasteiger partial charge in [0.2, 0.25) is 10.0 Å². The quantitative estimate of drug-likeness (QED) is 0.564. The lowest BCUT2D eigenvalue weighted by Gasteiger charge is -2.18. The Kier molecular flexibility index (Phi) is 7.60. The summed E-state index contributed by atoms with van der Waals surface area (Å²) in [5.74, 6) is -0.390. The summed E-state index contributed by atoms with van der Waals surface area (Å²) >= 11 is 0. The van der Waals surface area contributed by atoms with E-state index in [1.165, 1.54) is 12.1 Å². The van der Waals surface area contributed by atoms with Crippen molar-refractivity contribution in [1.82, 2.24) is 10.0 Å².